The van der Waals surface area contributed by atoms with E-state index in [-0.39, 0.29) is 36.3 Å². The molecule has 0 bridgehead atoms. The molecule has 0 aliphatic carbocycles. The minimum Gasteiger partial charge on any atom is -0.681 e. The zero-order valence-corrected chi connectivity index (χ0v) is 19.4. The van der Waals surface area contributed by atoms with E-state index >= 15 is 0 Å². The van der Waals surface area contributed by atoms with Crippen molar-refractivity contribution in [3.8, 4) is 0 Å². The van der Waals surface area contributed by atoms with Crippen molar-refractivity contribution in [2.24, 2.45) is 0 Å². The van der Waals surface area contributed by atoms with Gasteiger partial charge in [0.2, 0.25) is 0 Å². The van der Waals surface area contributed by atoms with Gasteiger partial charge in [-0.3, -0.25) is 0 Å². The van der Waals surface area contributed by atoms with Gasteiger partial charge in [0.15, 0.2) is 0 Å². The van der Waals surface area contributed by atoms with Gasteiger partial charge in [-0.15, -0.1) is 23.5 Å². The summed E-state index contributed by atoms with van der Waals surface area (Å²) < 4.78 is 0. The maximum Gasteiger partial charge on any atom is 3.00 e. The molecule has 2 nitrogen and oxygen atoms in total. The molecule has 0 saturated heterocycles. The molecule has 3 heteroatoms. The van der Waals surface area contributed by atoms with Crippen LogP contribution >= 0.6 is 0 Å². The summed E-state index contributed by atoms with van der Waals surface area (Å²) in [6, 6.07) is 9.36. The third-order valence-electron chi connectivity index (χ3n) is 4.65. The quantitative estimate of drug-likeness (QED) is 0.434. The Morgan fingerprint density at radius 2 is 0.889 bits per heavy atom. The maximum atomic E-state index is 4.98. The summed E-state index contributed by atoms with van der Waals surface area (Å²) in [5.41, 5.74) is 9.95. The largest absolute Gasteiger partial charge is 3.00 e. The Hall–Kier alpha value is -1.45. The van der Waals surface area contributed by atoms with Crippen molar-refractivity contribution >= 4 is 11.4 Å². The first kappa shape index (κ1) is 25.5. The third-order valence-corrected chi connectivity index (χ3v) is 4.65. The molecule has 0 aliphatic rings. The topological polar surface area (TPSA) is 28.2 Å². The molecule has 0 heterocycles. The molecule has 0 aromatic heterocycles. The summed E-state index contributed by atoms with van der Waals surface area (Å²) >= 11 is 0. The second-order valence-electron chi connectivity index (χ2n) is 7.69. The average molecular weight is 410 g/mol. The molecule has 0 aliphatic heterocycles. The van der Waals surface area contributed by atoms with Gasteiger partial charge in [0.25, 0.3) is 0 Å². The predicted octanol–water partition coefficient (Wildman–Crippen LogP) is 7.86. The molecule has 2 atom stereocenters. The first-order valence-corrected chi connectivity index (χ1v) is 9.24. The Labute approximate surface area is 177 Å². The van der Waals surface area contributed by atoms with Crippen molar-refractivity contribution < 1.29 is 16.8 Å². The van der Waals surface area contributed by atoms with Gasteiger partial charge in [0.05, 0.1) is 0 Å². The minimum atomic E-state index is 0. The summed E-state index contributed by atoms with van der Waals surface area (Å²) in [7, 11) is 0. The van der Waals surface area contributed by atoms with E-state index in [4.69, 9.17) is 10.6 Å². The van der Waals surface area contributed by atoms with Crippen LogP contribution in [0, 0.1) is 49.0 Å². The van der Waals surface area contributed by atoms with E-state index in [1.807, 2.05) is 0 Å². The molecule has 2 aromatic rings. The molecular weight excluding hydrogens is 375 g/mol. The van der Waals surface area contributed by atoms with Crippen LogP contribution in [0.1, 0.15) is 53.6 Å². The number of aryl methyl sites for hydroxylation is 6. The molecule has 0 radical (unpaired) electrons. The van der Waals surface area contributed by atoms with Crippen LogP contribution in [0.5, 0.6) is 0 Å². The van der Waals surface area contributed by atoms with Crippen LogP contribution in [0.15, 0.2) is 24.3 Å². The number of hydrogen-bond acceptors (Lipinski definition) is 0. The van der Waals surface area contributed by atoms with E-state index in [0.717, 1.165) is 17.8 Å². The molecule has 150 valence electrons. The Morgan fingerprint density at radius 1 is 0.630 bits per heavy atom. The molecule has 0 spiro atoms. The summed E-state index contributed by atoms with van der Waals surface area (Å²) in [5.74, 6) is 0. The van der Waals surface area contributed by atoms with Crippen molar-refractivity contribution in [3.63, 3.8) is 0 Å². The van der Waals surface area contributed by atoms with Gasteiger partial charge in [-0.25, -0.2) is 0 Å². The second kappa shape index (κ2) is 10.8. The van der Waals surface area contributed by atoms with E-state index in [2.05, 4.69) is 79.7 Å². The van der Waals surface area contributed by atoms with E-state index in [1.165, 1.54) is 33.4 Å². The molecule has 2 unspecified atom stereocenters. The normalized spacial score (nSPS) is 12.4. The fourth-order valence-electron chi connectivity index (χ4n) is 3.79. The fraction of sp³-hybridized carbons (Fsp3) is 0.458. The monoisotopic (exact) mass is 410 g/mol. The summed E-state index contributed by atoms with van der Waals surface area (Å²) in [6.45, 7) is 17.3. The van der Waals surface area contributed by atoms with Crippen LogP contribution < -0.4 is 0 Å². The summed E-state index contributed by atoms with van der Waals surface area (Å²) in [4.78, 5) is 0. The van der Waals surface area contributed by atoms with Crippen molar-refractivity contribution in [2.45, 2.75) is 73.9 Å². The molecule has 2 rings (SSSR count). The second-order valence-corrected chi connectivity index (χ2v) is 7.69. The molecule has 0 N–H and O–H groups in total. The molecular formula is C24H35CoN2. The Morgan fingerprint density at radius 3 is 1.15 bits per heavy atom. The van der Waals surface area contributed by atoms with Crippen LogP contribution in [0.25, 0.3) is 10.6 Å². The summed E-state index contributed by atoms with van der Waals surface area (Å²) in [6.07, 6.45) is 0.958. The van der Waals surface area contributed by atoms with Crippen molar-refractivity contribution in [2.75, 3.05) is 0 Å². The molecule has 0 amide bonds. The minimum absolute atomic E-state index is 0. The van der Waals surface area contributed by atoms with Crippen LogP contribution in [0.2, 0.25) is 0 Å². The van der Waals surface area contributed by atoms with Gasteiger partial charge in [0.1, 0.15) is 0 Å². The van der Waals surface area contributed by atoms with E-state index in [0.29, 0.717) is 0 Å². The number of rotatable bonds is 6. The predicted molar refractivity (Wildman–Crippen MR) is 117 cm³/mol. The van der Waals surface area contributed by atoms with Crippen LogP contribution in [0.3, 0.4) is 0 Å². The Kier molecular flexibility index (Phi) is 10.2. The molecule has 0 fully saturated rings. The van der Waals surface area contributed by atoms with E-state index in [9.17, 15) is 0 Å². The maximum absolute atomic E-state index is 4.98. The summed E-state index contributed by atoms with van der Waals surface area (Å²) in [5, 5.41) is 9.96. The molecule has 0 saturated carbocycles. The van der Waals surface area contributed by atoms with Crippen molar-refractivity contribution in [1.82, 2.24) is 0 Å². The van der Waals surface area contributed by atoms with Gasteiger partial charge >= 0.3 is 16.8 Å². The smallest absolute Gasteiger partial charge is 0.681 e. The Bertz CT molecular complexity index is 643. The van der Waals surface area contributed by atoms with E-state index < -0.39 is 0 Å². The van der Waals surface area contributed by atoms with Gasteiger partial charge in [0, 0.05) is 0 Å². The number of benzene rings is 2. The van der Waals surface area contributed by atoms with Crippen LogP contribution in [-0.4, -0.2) is 12.1 Å². The standard InChI is InChI=1S/C23H32N2.CH3.Co/c1-14-9-16(3)22(17(4)10-14)24-20(7)13-21(8)25-23-18(5)11-15(2)12-19(23)6;;/h9-12,20-21H,13H2,1-8H3;1H3;/q-2;-1;+3. The van der Waals surface area contributed by atoms with Gasteiger partial charge in [-0.1, -0.05) is 77.9 Å². The number of hydrogen-bond donors (Lipinski definition) is 0. The number of nitrogens with zero attached hydrogens (tertiary/aromatic N) is 2. The average Bonchev–Trinajstić information content (AvgIpc) is 2.46. The first-order valence-electron chi connectivity index (χ1n) is 9.24. The van der Waals surface area contributed by atoms with Crippen molar-refractivity contribution in [3.05, 3.63) is 75.7 Å². The fourth-order valence-corrected chi connectivity index (χ4v) is 3.79. The van der Waals surface area contributed by atoms with Gasteiger partial charge in [-0.05, 0) is 41.5 Å². The van der Waals surface area contributed by atoms with Crippen LogP contribution in [0.4, 0.5) is 11.4 Å². The molecule has 2 aromatic carbocycles. The Balaban J connectivity index is 0.00000338. The SMILES string of the molecule is Cc1cc(C)c([N-]C(C)CC(C)[N-]c2c(C)cc(C)cc2C)c(C)c1.[CH3-].[Co+3]. The van der Waals surface area contributed by atoms with Gasteiger partial charge in [-0.2, -0.15) is 0 Å². The van der Waals surface area contributed by atoms with Crippen LogP contribution in [-0.2, 0) is 16.8 Å². The van der Waals surface area contributed by atoms with Crippen molar-refractivity contribution in [1.29, 1.82) is 0 Å². The zero-order valence-electron chi connectivity index (χ0n) is 18.4. The first-order chi connectivity index (χ1) is 11.7. The molecule has 27 heavy (non-hydrogen) atoms. The zero-order chi connectivity index (χ0) is 18.7. The third kappa shape index (κ3) is 6.89. The van der Waals surface area contributed by atoms with E-state index in [1.54, 1.807) is 0 Å². The van der Waals surface area contributed by atoms with Gasteiger partial charge < -0.3 is 18.1 Å².